The molecule has 15 heavy (non-hydrogen) atoms. The SMILES string of the molecule is CS(=O)(=O)c1cccc2c1C(=O)OC2=O. The molecule has 0 atom stereocenters. The monoisotopic (exact) mass is 226 g/mol. The summed E-state index contributed by atoms with van der Waals surface area (Å²) in [5.41, 5.74) is -0.159. The Bertz CT molecular complexity index is 570. The molecule has 6 heteroatoms. The quantitative estimate of drug-likeness (QED) is 0.511. The largest absolute Gasteiger partial charge is 0.386 e. The molecule has 1 aliphatic heterocycles. The molecule has 0 aliphatic carbocycles. The van der Waals surface area contributed by atoms with Gasteiger partial charge in [0.1, 0.15) is 0 Å². The number of hydrogen-bond donors (Lipinski definition) is 0. The van der Waals surface area contributed by atoms with Gasteiger partial charge in [0, 0.05) is 6.26 Å². The molecule has 78 valence electrons. The molecular formula is C9H6O5S. The van der Waals surface area contributed by atoms with Crippen LogP contribution in [0, 0.1) is 0 Å². The van der Waals surface area contributed by atoms with E-state index < -0.39 is 21.8 Å². The van der Waals surface area contributed by atoms with E-state index in [-0.39, 0.29) is 16.0 Å². The Morgan fingerprint density at radius 3 is 2.40 bits per heavy atom. The fourth-order valence-electron chi connectivity index (χ4n) is 1.41. The number of rotatable bonds is 1. The fourth-order valence-corrected chi connectivity index (χ4v) is 2.30. The van der Waals surface area contributed by atoms with E-state index in [4.69, 9.17) is 0 Å². The molecule has 1 aliphatic rings. The molecule has 0 fully saturated rings. The Labute approximate surface area is 85.6 Å². The third kappa shape index (κ3) is 1.42. The topological polar surface area (TPSA) is 77.5 Å². The van der Waals surface area contributed by atoms with E-state index >= 15 is 0 Å². The van der Waals surface area contributed by atoms with Gasteiger partial charge in [-0.2, -0.15) is 0 Å². The first kappa shape index (κ1) is 9.85. The van der Waals surface area contributed by atoms with Gasteiger partial charge in [0.2, 0.25) is 0 Å². The summed E-state index contributed by atoms with van der Waals surface area (Å²) >= 11 is 0. The van der Waals surface area contributed by atoms with Gasteiger partial charge < -0.3 is 4.74 Å². The second kappa shape index (κ2) is 2.90. The molecule has 1 aromatic rings. The zero-order chi connectivity index (χ0) is 11.2. The number of benzene rings is 1. The minimum Gasteiger partial charge on any atom is -0.386 e. The summed E-state index contributed by atoms with van der Waals surface area (Å²) in [5, 5.41) is 0. The summed E-state index contributed by atoms with van der Waals surface area (Å²) in [6, 6.07) is 4.03. The van der Waals surface area contributed by atoms with Crippen LogP contribution in [0.2, 0.25) is 0 Å². The minimum atomic E-state index is -3.54. The Morgan fingerprint density at radius 1 is 1.13 bits per heavy atom. The zero-order valence-electron chi connectivity index (χ0n) is 7.68. The van der Waals surface area contributed by atoms with Gasteiger partial charge in [0.05, 0.1) is 16.0 Å². The van der Waals surface area contributed by atoms with E-state index in [2.05, 4.69) is 4.74 Å². The molecule has 0 saturated carbocycles. The van der Waals surface area contributed by atoms with Crippen LogP contribution < -0.4 is 0 Å². The van der Waals surface area contributed by atoms with Crippen LogP contribution >= 0.6 is 0 Å². The van der Waals surface area contributed by atoms with Gasteiger partial charge in [-0.25, -0.2) is 18.0 Å². The molecule has 0 aromatic heterocycles. The molecule has 0 amide bonds. The highest BCUT2D eigenvalue weighted by Gasteiger charge is 2.34. The highest BCUT2D eigenvalue weighted by Crippen LogP contribution is 2.26. The summed E-state index contributed by atoms with van der Waals surface area (Å²) in [6.45, 7) is 0. The van der Waals surface area contributed by atoms with Crippen molar-refractivity contribution in [1.29, 1.82) is 0 Å². The molecule has 0 N–H and O–H groups in total. The summed E-state index contributed by atoms with van der Waals surface area (Å²) in [6.07, 6.45) is 0.971. The number of esters is 2. The van der Waals surface area contributed by atoms with Crippen LogP contribution in [0.15, 0.2) is 23.1 Å². The van der Waals surface area contributed by atoms with Crippen molar-refractivity contribution in [1.82, 2.24) is 0 Å². The van der Waals surface area contributed by atoms with Gasteiger partial charge in [-0.3, -0.25) is 0 Å². The van der Waals surface area contributed by atoms with Gasteiger partial charge in [0.25, 0.3) is 0 Å². The van der Waals surface area contributed by atoms with Gasteiger partial charge in [-0.15, -0.1) is 0 Å². The predicted octanol–water partition coefficient (Wildman–Crippen LogP) is 0.401. The van der Waals surface area contributed by atoms with Crippen molar-refractivity contribution in [2.24, 2.45) is 0 Å². The lowest BCUT2D eigenvalue weighted by Crippen LogP contribution is -2.05. The maximum atomic E-state index is 11.3. The summed E-state index contributed by atoms with van der Waals surface area (Å²) in [7, 11) is -3.54. The number of hydrogen-bond acceptors (Lipinski definition) is 5. The van der Waals surface area contributed by atoms with Crippen molar-refractivity contribution in [3.05, 3.63) is 29.3 Å². The molecule has 2 rings (SSSR count). The molecule has 0 unspecified atom stereocenters. The van der Waals surface area contributed by atoms with Crippen molar-refractivity contribution < 1.29 is 22.7 Å². The maximum Gasteiger partial charge on any atom is 0.348 e. The maximum absolute atomic E-state index is 11.3. The lowest BCUT2D eigenvalue weighted by atomic mass is 10.1. The first-order chi connectivity index (χ1) is 6.91. The van der Waals surface area contributed by atoms with Crippen molar-refractivity contribution in [3.8, 4) is 0 Å². The third-order valence-corrected chi connectivity index (χ3v) is 3.17. The fraction of sp³-hybridized carbons (Fsp3) is 0.111. The van der Waals surface area contributed by atoms with E-state index in [0.29, 0.717) is 0 Å². The normalized spacial score (nSPS) is 15.0. The smallest absolute Gasteiger partial charge is 0.348 e. The first-order valence-electron chi connectivity index (χ1n) is 4.01. The Morgan fingerprint density at radius 2 is 1.80 bits per heavy atom. The van der Waals surface area contributed by atoms with Crippen LogP contribution in [0.25, 0.3) is 0 Å². The average Bonchev–Trinajstić information content (AvgIpc) is 2.41. The summed E-state index contributed by atoms with van der Waals surface area (Å²) < 4.78 is 27.0. The van der Waals surface area contributed by atoms with Gasteiger partial charge in [-0.1, -0.05) is 6.07 Å². The summed E-state index contributed by atoms with van der Waals surface area (Å²) in [4.78, 5) is 22.2. The van der Waals surface area contributed by atoms with Crippen molar-refractivity contribution in [2.45, 2.75) is 4.90 Å². The van der Waals surface area contributed by atoms with Crippen LogP contribution in [0.1, 0.15) is 20.7 Å². The minimum absolute atomic E-state index is 0.00271. The number of carbonyl (C=O) groups excluding carboxylic acids is 2. The molecule has 5 nitrogen and oxygen atoms in total. The molecule has 0 spiro atoms. The van der Waals surface area contributed by atoms with Gasteiger partial charge in [0.15, 0.2) is 9.84 Å². The van der Waals surface area contributed by atoms with Crippen molar-refractivity contribution >= 4 is 21.8 Å². The second-order valence-electron chi connectivity index (χ2n) is 3.13. The third-order valence-electron chi connectivity index (χ3n) is 2.04. The standard InChI is InChI=1S/C9H6O5S/c1-15(12,13)6-4-2-3-5-7(6)9(11)14-8(5)10/h2-4H,1H3. The lowest BCUT2D eigenvalue weighted by Gasteiger charge is -2.00. The highest BCUT2D eigenvalue weighted by molar-refractivity contribution is 7.90. The number of ether oxygens (including phenoxy) is 1. The Balaban J connectivity index is 2.83. The lowest BCUT2D eigenvalue weighted by molar-refractivity contribution is 0.0442. The van der Waals surface area contributed by atoms with Crippen molar-refractivity contribution in [2.75, 3.05) is 6.26 Å². The molecule has 1 heterocycles. The predicted molar refractivity (Wildman–Crippen MR) is 49.3 cm³/mol. The number of fused-ring (bicyclic) bond motifs is 1. The van der Waals surface area contributed by atoms with E-state index in [0.717, 1.165) is 6.26 Å². The average molecular weight is 226 g/mol. The zero-order valence-corrected chi connectivity index (χ0v) is 8.50. The summed E-state index contributed by atoms with van der Waals surface area (Å²) in [5.74, 6) is -1.71. The van der Waals surface area contributed by atoms with Crippen LogP contribution in [-0.4, -0.2) is 26.6 Å². The molecule has 0 saturated heterocycles. The van der Waals surface area contributed by atoms with Gasteiger partial charge in [-0.05, 0) is 12.1 Å². The van der Waals surface area contributed by atoms with E-state index in [9.17, 15) is 18.0 Å². The number of carbonyl (C=O) groups is 2. The van der Waals surface area contributed by atoms with Crippen molar-refractivity contribution in [3.63, 3.8) is 0 Å². The van der Waals surface area contributed by atoms with Crippen LogP contribution in [0.5, 0.6) is 0 Å². The molecule has 0 radical (unpaired) electrons. The van der Waals surface area contributed by atoms with E-state index in [1.54, 1.807) is 0 Å². The molecular weight excluding hydrogens is 220 g/mol. The van der Waals surface area contributed by atoms with Crippen LogP contribution in [0.4, 0.5) is 0 Å². The number of sulfone groups is 1. The van der Waals surface area contributed by atoms with Crippen LogP contribution in [-0.2, 0) is 14.6 Å². The highest BCUT2D eigenvalue weighted by atomic mass is 32.2. The Hall–Kier alpha value is -1.69. The first-order valence-corrected chi connectivity index (χ1v) is 5.90. The van der Waals surface area contributed by atoms with Gasteiger partial charge >= 0.3 is 11.9 Å². The number of cyclic esters (lactones) is 2. The molecule has 0 bridgehead atoms. The Kier molecular flexibility index (Phi) is 1.90. The van der Waals surface area contributed by atoms with Crippen LogP contribution in [0.3, 0.4) is 0 Å². The van der Waals surface area contributed by atoms with E-state index in [1.165, 1.54) is 18.2 Å². The molecule has 1 aromatic carbocycles. The second-order valence-corrected chi connectivity index (χ2v) is 5.11. The van der Waals surface area contributed by atoms with E-state index in [1.807, 2.05) is 0 Å².